The van der Waals surface area contributed by atoms with E-state index in [-0.39, 0.29) is 47.4 Å². The van der Waals surface area contributed by atoms with Gasteiger partial charge in [-0.3, -0.25) is 14.4 Å². The van der Waals surface area contributed by atoms with Crippen LogP contribution in [0.4, 0.5) is 0 Å². The summed E-state index contributed by atoms with van der Waals surface area (Å²) >= 11 is 0. The molecule has 5 heteroatoms. The maximum atomic E-state index is 12.8. The Kier molecular flexibility index (Phi) is 5.09. The summed E-state index contributed by atoms with van der Waals surface area (Å²) in [6, 6.07) is 0. The lowest BCUT2D eigenvalue weighted by molar-refractivity contribution is -0.149. The number of rotatable bonds is 4. The van der Waals surface area contributed by atoms with E-state index >= 15 is 0 Å². The van der Waals surface area contributed by atoms with Crippen molar-refractivity contribution in [2.75, 3.05) is 13.2 Å². The Hall–Kier alpha value is -1.75. The number of aliphatic hydroxyl groups is 1. The molecule has 3 fully saturated rings. The fourth-order valence-electron chi connectivity index (χ4n) is 7.40. The second-order valence-corrected chi connectivity index (χ2v) is 10.0. The zero-order chi connectivity index (χ0) is 21.0. The lowest BCUT2D eigenvalue weighted by Crippen LogP contribution is -2.52. The third kappa shape index (κ3) is 3.13. The smallest absolute Gasteiger partial charge is 0.303 e. The zero-order valence-corrected chi connectivity index (χ0v) is 17.6. The summed E-state index contributed by atoms with van der Waals surface area (Å²) < 4.78 is 5.01. The van der Waals surface area contributed by atoms with E-state index in [4.69, 9.17) is 4.74 Å². The monoisotopic (exact) mass is 400 g/mol. The van der Waals surface area contributed by atoms with E-state index in [1.165, 1.54) is 6.92 Å². The molecule has 0 amide bonds. The second-order valence-electron chi connectivity index (χ2n) is 10.0. The molecule has 1 N–H and O–H groups in total. The van der Waals surface area contributed by atoms with E-state index < -0.39 is 5.97 Å². The number of Topliss-reactive ketones (excluding diaryl/α,β-unsaturated/α-hetero) is 1. The van der Waals surface area contributed by atoms with Crippen LogP contribution in [0.1, 0.15) is 52.9 Å². The fourth-order valence-corrected chi connectivity index (χ4v) is 7.40. The van der Waals surface area contributed by atoms with Crippen molar-refractivity contribution in [3.05, 3.63) is 23.8 Å². The maximum Gasteiger partial charge on any atom is 0.303 e. The number of fused-ring (bicyclic) bond motifs is 5. The fraction of sp³-hybridized carbons (Fsp3) is 0.708. The van der Waals surface area contributed by atoms with Gasteiger partial charge in [-0.2, -0.15) is 0 Å². The molecule has 29 heavy (non-hydrogen) atoms. The Balaban J connectivity index is 1.62. The zero-order valence-electron chi connectivity index (χ0n) is 17.6. The van der Waals surface area contributed by atoms with Crippen molar-refractivity contribution in [1.29, 1.82) is 0 Å². The molecule has 0 radical (unpaired) electrons. The summed E-state index contributed by atoms with van der Waals surface area (Å²) in [5.74, 6) is 0.887. The highest BCUT2D eigenvalue weighted by Crippen LogP contribution is 2.66. The molecule has 3 saturated carbocycles. The van der Waals surface area contributed by atoms with Crippen LogP contribution in [0.3, 0.4) is 0 Å². The molecular weight excluding hydrogens is 368 g/mol. The molecule has 0 bridgehead atoms. The predicted molar refractivity (Wildman–Crippen MR) is 108 cm³/mol. The lowest BCUT2D eigenvalue weighted by atomic mass is 9.46. The van der Waals surface area contributed by atoms with Gasteiger partial charge in [0.1, 0.15) is 6.61 Å². The van der Waals surface area contributed by atoms with Crippen LogP contribution < -0.4 is 0 Å². The number of aliphatic hydroxyl groups excluding tert-OH is 1. The van der Waals surface area contributed by atoms with E-state index in [1.54, 1.807) is 12.2 Å². The number of carbonyl (C=O) groups excluding carboxylic acids is 3. The molecule has 4 aliphatic rings. The average Bonchev–Trinajstić information content (AvgIpc) is 3.03. The normalized spacial score (nSPS) is 43.1. The molecule has 0 aromatic rings. The van der Waals surface area contributed by atoms with Crippen molar-refractivity contribution >= 4 is 17.5 Å². The Morgan fingerprint density at radius 1 is 1.21 bits per heavy atom. The van der Waals surface area contributed by atoms with Gasteiger partial charge in [-0.05, 0) is 67.4 Å². The largest absolute Gasteiger partial charge is 0.458 e. The molecule has 7 atom stereocenters. The first-order valence-electron chi connectivity index (χ1n) is 10.9. The van der Waals surface area contributed by atoms with Crippen LogP contribution in [-0.2, 0) is 19.1 Å². The first-order chi connectivity index (χ1) is 13.7. The second kappa shape index (κ2) is 7.19. The molecule has 4 rings (SSSR count). The van der Waals surface area contributed by atoms with E-state index in [2.05, 4.69) is 19.9 Å². The van der Waals surface area contributed by atoms with E-state index in [0.29, 0.717) is 17.8 Å². The van der Waals surface area contributed by atoms with Gasteiger partial charge in [-0.25, -0.2) is 0 Å². The molecule has 0 heterocycles. The first-order valence-corrected chi connectivity index (χ1v) is 10.9. The van der Waals surface area contributed by atoms with Crippen molar-refractivity contribution in [3.63, 3.8) is 0 Å². The van der Waals surface area contributed by atoms with Gasteiger partial charge in [0.05, 0.1) is 0 Å². The van der Waals surface area contributed by atoms with Gasteiger partial charge >= 0.3 is 5.97 Å². The molecule has 0 spiro atoms. The topological polar surface area (TPSA) is 80.7 Å². The van der Waals surface area contributed by atoms with Gasteiger partial charge in [-0.15, -0.1) is 0 Å². The number of ether oxygens (including phenoxy) is 1. The molecule has 5 nitrogen and oxygen atoms in total. The van der Waals surface area contributed by atoms with Crippen molar-refractivity contribution in [2.24, 2.45) is 40.4 Å². The standard InChI is InChI=1S/C24H32O5/c1-14(26)29-13-22(28)20-5-4-18-17-10-15(12-25)21-11-16(27)6-8-24(21,3)19(17)7-9-23(18,20)2/h6,8,11,15,17-20,25H,4-5,7,9-10,12-13H2,1-3H3/t15-,17+,18+,19+,20-,23+,24-/m1/s1. The molecule has 0 saturated heterocycles. The lowest BCUT2D eigenvalue weighted by Gasteiger charge is -2.58. The van der Waals surface area contributed by atoms with Crippen LogP contribution in [0, 0.1) is 40.4 Å². The molecule has 0 unspecified atom stereocenters. The van der Waals surface area contributed by atoms with Gasteiger partial charge in [0.2, 0.25) is 0 Å². The Bertz CT molecular complexity index is 795. The number of carbonyl (C=O) groups is 3. The van der Waals surface area contributed by atoms with Gasteiger partial charge in [-0.1, -0.05) is 25.5 Å². The Morgan fingerprint density at radius 3 is 2.66 bits per heavy atom. The predicted octanol–water partition coefficient (Wildman–Crippen LogP) is 3.26. The van der Waals surface area contributed by atoms with Crippen molar-refractivity contribution in [2.45, 2.75) is 52.9 Å². The van der Waals surface area contributed by atoms with Crippen LogP contribution in [-0.4, -0.2) is 35.9 Å². The van der Waals surface area contributed by atoms with Crippen molar-refractivity contribution in [3.8, 4) is 0 Å². The number of esters is 1. The molecule has 4 aliphatic carbocycles. The Morgan fingerprint density at radius 2 is 1.97 bits per heavy atom. The van der Waals surface area contributed by atoms with Crippen LogP contribution >= 0.6 is 0 Å². The number of allylic oxidation sites excluding steroid dienone is 3. The maximum absolute atomic E-state index is 12.8. The van der Waals surface area contributed by atoms with Crippen LogP contribution in [0.15, 0.2) is 23.8 Å². The third-order valence-corrected chi connectivity index (χ3v) is 8.74. The Labute approximate surface area is 172 Å². The summed E-state index contributed by atoms with van der Waals surface area (Å²) in [5, 5.41) is 10.1. The van der Waals surface area contributed by atoms with Crippen molar-refractivity contribution in [1.82, 2.24) is 0 Å². The summed E-state index contributed by atoms with van der Waals surface area (Å²) in [7, 11) is 0. The molecular formula is C24H32O5. The van der Waals surface area contributed by atoms with Crippen LogP contribution in [0.5, 0.6) is 0 Å². The minimum Gasteiger partial charge on any atom is -0.458 e. The first kappa shape index (κ1) is 20.5. The number of hydrogen-bond donors (Lipinski definition) is 1. The van der Waals surface area contributed by atoms with Gasteiger partial charge in [0.15, 0.2) is 11.6 Å². The summed E-state index contributed by atoms with van der Waals surface area (Å²) in [4.78, 5) is 36.0. The summed E-state index contributed by atoms with van der Waals surface area (Å²) in [6.45, 7) is 5.75. The minimum absolute atomic E-state index is 0.00768. The summed E-state index contributed by atoms with van der Waals surface area (Å²) in [5.41, 5.74) is 0.827. The van der Waals surface area contributed by atoms with Crippen molar-refractivity contribution < 1.29 is 24.2 Å². The number of ketones is 2. The highest BCUT2D eigenvalue weighted by Gasteiger charge is 2.61. The number of hydrogen-bond acceptors (Lipinski definition) is 5. The molecule has 0 aromatic heterocycles. The third-order valence-electron chi connectivity index (χ3n) is 8.74. The molecule has 158 valence electrons. The molecule has 0 aromatic carbocycles. The highest BCUT2D eigenvalue weighted by molar-refractivity contribution is 6.01. The summed E-state index contributed by atoms with van der Waals surface area (Å²) in [6.07, 6.45) is 10.2. The van der Waals surface area contributed by atoms with Gasteiger partial charge < -0.3 is 9.84 Å². The highest BCUT2D eigenvalue weighted by atomic mass is 16.5. The minimum atomic E-state index is -0.411. The average molecular weight is 401 g/mol. The van der Waals surface area contributed by atoms with E-state index in [0.717, 1.165) is 37.7 Å². The van der Waals surface area contributed by atoms with Crippen LogP contribution in [0.25, 0.3) is 0 Å². The van der Waals surface area contributed by atoms with Crippen LogP contribution in [0.2, 0.25) is 0 Å². The molecule has 0 aliphatic heterocycles. The SMILES string of the molecule is CC(=O)OCC(=O)[C@H]1CC[C@H]2[C@@H]3C[C@H](CO)C4=CC(=O)C=C[C@]4(C)[C@H]3CC[C@]12C. The van der Waals surface area contributed by atoms with E-state index in [9.17, 15) is 19.5 Å². The van der Waals surface area contributed by atoms with Gasteiger partial charge in [0, 0.05) is 30.8 Å². The van der Waals surface area contributed by atoms with Gasteiger partial charge in [0.25, 0.3) is 0 Å². The quantitative estimate of drug-likeness (QED) is 0.733. The van der Waals surface area contributed by atoms with E-state index in [1.807, 2.05) is 0 Å².